The van der Waals surface area contributed by atoms with Crippen LogP contribution in [0.25, 0.3) is 11.3 Å². The van der Waals surface area contributed by atoms with Crippen LogP contribution in [-0.4, -0.2) is 23.3 Å². The number of carbonyl (C=O) groups is 2. The number of oxazole rings is 1. The number of amides is 2. The van der Waals surface area contributed by atoms with Crippen molar-refractivity contribution in [3.8, 4) is 11.3 Å². The molecule has 0 bridgehead atoms. The van der Waals surface area contributed by atoms with Gasteiger partial charge < -0.3 is 15.1 Å². The van der Waals surface area contributed by atoms with Crippen LogP contribution < -0.4 is 10.6 Å². The van der Waals surface area contributed by atoms with Crippen molar-refractivity contribution < 1.29 is 22.8 Å². The van der Waals surface area contributed by atoms with Crippen molar-refractivity contribution in [3.63, 3.8) is 0 Å². The second kappa shape index (κ2) is 9.09. The SMILES string of the molecule is NC(=O)CCN(C(=O)CCc1ncc(-c2ccccc2F)o1)c1ccc(F)cc1. The molecular formula is C21H19F2N3O3. The maximum absolute atomic E-state index is 13.9. The molecule has 1 aromatic heterocycles. The third-order valence-corrected chi connectivity index (χ3v) is 4.27. The topological polar surface area (TPSA) is 89.4 Å². The molecule has 0 radical (unpaired) electrons. The maximum atomic E-state index is 13.9. The summed E-state index contributed by atoms with van der Waals surface area (Å²) in [5.41, 5.74) is 5.93. The molecule has 0 aliphatic rings. The summed E-state index contributed by atoms with van der Waals surface area (Å²) >= 11 is 0. The number of hydrogen-bond donors (Lipinski definition) is 1. The molecule has 8 heteroatoms. The van der Waals surface area contributed by atoms with Crippen LogP contribution in [0.2, 0.25) is 0 Å². The summed E-state index contributed by atoms with van der Waals surface area (Å²) in [6.45, 7) is 0.0753. The monoisotopic (exact) mass is 399 g/mol. The molecule has 150 valence electrons. The molecule has 0 aliphatic carbocycles. The summed E-state index contributed by atoms with van der Waals surface area (Å²) in [5.74, 6) is -1.16. The lowest BCUT2D eigenvalue weighted by molar-refractivity contribution is -0.119. The van der Waals surface area contributed by atoms with E-state index < -0.39 is 17.5 Å². The zero-order valence-electron chi connectivity index (χ0n) is 15.5. The van der Waals surface area contributed by atoms with Crippen molar-refractivity contribution in [3.05, 3.63) is 72.3 Å². The van der Waals surface area contributed by atoms with Crippen molar-refractivity contribution in [2.45, 2.75) is 19.3 Å². The molecule has 6 nitrogen and oxygen atoms in total. The average Bonchev–Trinajstić information content (AvgIpc) is 3.17. The van der Waals surface area contributed by atoms with E-state index in [1.165, 1.54) is 41.4 Å². The van der Waals surface area contributed by atoms with Crippen molar-refractivity contribution in [2.75, 3.05) is 11.4 Å². The van der Waals surface area contributed by atoms with E-state index in [9.17, 15) is 18.4 Å². The quantitative estimate of drug-likeness (QED) is 0.628. The number of benzene rings is 2. The first-order chi connectivity index (χ1) is 13.9. The first kappa shape index (κ1) is 20.2. The Morgan fingerprint density at radius 1 is 1.03 bits per heavy atom. The molecule has 3 aromatic rings. The number of aromatic nitrogens is 1. The normalized spacial score (nSPS) is 10.7. The third-order valence-electron chi connectivity index (χ3n) is 4.27. The van der Waals surface area contributed by atoms with E-state index in [1.807, 2.05) is 0 Å². The van der Waals surface area contributed by atoms with Gasteiger partial charge in [0.1, 0.15) is 11.6 Å². The fraction of sp³-hybridized carbons (Fsp3) is 0.190. The molecule has 2 amide bonds. The van der Waals surface area contributed by atoms with Gasteiger partial charge in [-0.05, 0) is 36.4 Å². The number of nitrogens with two attached hydrogens (primary N) is 1. The Bertz CT molecular complexity index is 1000. The molecule has 1 heterocycles. The Labute approximate surface area is 166 Å². The van der Waals surface area contributed by atoms with Gasteiger partial charge in [-0.1, -0.05) is 12.1 Å². The minimum atomic E-state index is -0.549. The largest absolute Gasteiger partial charge is 0.441 e. The van der Waals surface area contributed by atoms with E-state index in [2.05, 4.69) is 4.98 Å². The molecule has 2 N–H and O–H groups in total. The Morgan fingerprint density at radius 2 is 1.76 bits per heavy atom. The van der Waals surface area contributed by atoms with Crippen molar-refractivity contribution in [1.29, 1.82) is 0 Å². The lowest BCUT2D eigenvalue weighted by atomic mass is 10.2. The summed E-state index contributed by atoms with van der Waals surface area (Å²) in [7, 11) is 0. The van der Waals surface area contributed by atoms with Gasteiger partial charge in [0.15, 0.2) is 11.7 Å². The number of rotatable bonds is 8. The lowest BCUT2D eigenvalue weighted by Crippen LogP contribution is -2.34. The first-order valence-electron chi connectivity index (χ1n) is 8.98. The predicted molar refractivity (Wildman–Crippen MR) is 103 cm³/mol. The zero-order valence-corrected chi connectivity index (χ0v) is 15.5. The average molecular weight is 399 g/mol. The molecule has 0 aliphatic heterocycles. The Balaban J connectivity index is 1.69. The number of nitrogens with zero attached hydrogens (tertiary/aromatic N) is 2. The number of primary amides is 1. The van der Waals surface area contributed by atoms with E-state index in [-0.39, 0.29) is 48.9 Å². The van der Waals surface area contributed by atoms with Crippen LogP contribution in [0.1, 0.15) is 18.7 Å². The molecule has 0 fully saturated rings. The van der Waals surface area contributed by atoms with Crippen molar-refractivity contribution >= 4 is 17.5 Å². The van der Waals surface area contributed by atoms with E-state index >= 15 is 0 Å². The van der Waals surface area contributed by atoms with Gasteiger partial charge in [-0.15, -0.1) is 0 Å². The van der Waals surface area contributed by atoms with Gasteiger partial charge in [0.25, 0.3) is 0 Å². The molecule has 0 spiro atoms. The molecule has 0 atom stereocenters. The second-order valence-electron chi connectivity index (χ2n) is 6.34. The fourth-order valence-electron chi connectivity index (χ4n) is 2.80. The van der Waals surface area contributed by atoms with Crippen LogP contribution in [0.5, 0.6) is 0 Å². The van der Waals surface area contributed by atoms with Crippen molar-refractivity contribution in [1.82, 2.24) is 4.98 Å². The van der Waals surface area contributed by atoms with Gasteiger partial charge in [-0.2, -0.15) is 0 Å². The summed E-state index contributed by atoms with van der Waals surface area (Å²) in [6, 6.07) is 11.5. The van der Waals surface area contributed by atoms with Crippen LogP contribution in [0, 0.1) is 11.6 Å². The first-order valence-corrected chi connectivity index (χ1v) is 8.98. The fourth-order valence-corrected chi connectivity index (χ4v) is 2.80. The molecule has 3 rings (SSSR count). The third kappa shape index (κ3) is 5.25. The minimum absolute atomic E-state index is 0.0282. The predicted octanol–water partition coefficient (Wildman–Crippen LogP) is 3.46. The highest BCUT2D eigenvalue weighted by molar-refractivity contribution is 5.94. The van der Waals surface area contributed by atoms with E-state index in [0.29, 0.717) is 5.69 Å². The van der Waals surface area contributed by atoms with Gasteiger partial charge in [-0.25, -0.2) is 13.8 Å². The van der Waals surface area contributed by atoms with Gasteiger partial charge in [0.05, 0.1) is 11.8 Å². The highest BCUT2D eigenvalue weighted by Crippen LogP contribution is 2.24. The smallest absolute Gasteiger partial charge is 0.227 e. The van der Waals surface area contributed by atoms with Gasteiger partial charge in [-0.3, -0.25) is 9.59 Å². The summed E-state index contributed by atoms with van der Waals surface area (Å²) in [4.78, 5) is 29.3. The molecule has 29 heavy (non-hydrogen) atoms. The molecule has 0 saturated carbocycles. The van der Waals surface area contributed by atoms with Crippen LogP contribution in [0.3, 0.4) is 0 Å². The Kier molecular flexibility index (Phi) is 6.33. The number of carbonyl (C=O) groups excluding carboxylic acids is 2. The maximum Gasteiger partial charge on any atom is 0.227 e. The Hall–Kier alpha value is -3.55. The van der Waals surface area contributed by atoms with Crippen LogP contribution >= 0.6 is 0 Å². The van der Waals surface area contributed by atoms with Gasteiger partial charge in [0, 0.05) is 31.5 Å². The number of hydrogen-bond acceptors (Lipinski definition) is 4. The molecular weight excluding hydrogens is 380 g/mol. The summed E-state index contributed by atoms with van der Waals surface area (Å²) in [5, 5.41) is 0. The van der Waals surface area contributed by atoms with Crippen molar-refractivity contribution in [2.24, 2.45) is 5.73 Å². The minimum Gasteiger partial charge on any atom is -0.441 e. The summed E-state index contributed by atoms with van der Waals surface area (Å²) in [6.07, 6.45) is 1.59. The lowest BCUT2D eigenvalue weighted by Gasteiger charge is -2.22. The van der Waals surface area contributed by atoms with Crippen LogP contribution in [0.4, 0.5) is 14.5 Å². The highest BCUT2D eigenvalue weighted by Gasteiger charge is 2.18. The molecule has 2 aromatic carbocycles. The van der Waals surface area contributed by atoms with Crippen LogP contribution in [-0.2, 0) is 16.0 Å². The number of aryl methyl sites for hydroxylation is 1. The van der Waals surface area contributed by atoms with Crippen LogP contribution in [0.15, 0.2) is 59.1 Å². The number of anilines is 1. The standard InChI is InChI=1S/C21H19F2N3O3/c22-14-5-7-15(8-6-14)26(12-11-19(24)27)21(28)10-9-20-25-13-18(29-20)16-3-1-2-4-17(16)23/h1-8,13H,9-12H2,(H2,24,27). The van der Waals surface area contributed by atoms with E-state index in [1.54, 1.807) is 18.2 Å². The highest BCUT2D eigenvalue weighted by atomic mass is 19.1. The number of halogens is 2. The summed E-state index contributed by atoms with van der Waals surface area (Å²) < 4.78 is 32.6. The van der Waals surface area contributed by atoms with Gasteiger partial charge >= 0.3 is 0 Å². The van der Waals surface area contributed by atoms with E-state index in [0.717, 1.165) is 0 Å². The zero-order chi connectivity index (χ0) is 20.8. The molecule has 0 unspecified atom stereocenters. The Morgan fingerprint density at radius 3 is 2.45 bits per heavy atom. The second-order valence-corrected chi connectivity index (χ2v) is 6.34. The molecule has 0 saturated heterocycles. The van der Waals surface area contributed by atoms with Gasteiger partial charge in [0.2, 0.25) is 11.8 Å². The van der Waals surface area contributed by atoms with E-state index in [4.69, 9.17) is 10.2 Å².